The molecule has 0 radical (unpaired) electrons. The van der Waals surface area contributed by atoms with Crippen molar-refractivity contribution < 1.29 is 49.0 Å². The highest BCUT2D eigenvalue weighted by Gasteiger charge is 2.53. The zero-order valence-electron chi connectivity index (χ0n) is 26.8. The van der Waals surface area contributed by atoms with Crippen LogP contribution in [0.1, 0.15) is 84.3 Å². The maximum atomic E-state index is 13.9. The highest BCUT2D eigenvalue weighted by atomic mass is 32.1. The van der Waals surface area contributed by atoms with E-state index in [9.17, 15) is 30.0 Å². The van der Waals surface area contributed by atoms with Gasteiger partial charge in [-0.1, -0.05) is 34.1 Å². The van der Waals surface area contributed by atoms with Gasteiger partial charge in [0.25, 0.3) is 0 Å². The number of hydrogen-bond acceptors (Lipinski definition) is 12. The highest BCUT2D eigenvalue weighted by molar-refractivity contribution is 7.09. The first kappa shape index (κ1) is 35.1. The van der Waals surface area contributed by atoms with Crippen LogP contribution in [0.5, 0.6) is 0 Å². The number of fused-ring (bicyclic) bond motifs is 1. The lowest BCUT2D eigenvalue weighted by atomic mass is 9.72. The van der Waals surface area contributed by atoms with Crippen LogP contribution >= 0.6 is 11.3 Å². The molecule has 4 N–H and O–H groups in total. The Morgan fingerprint density at radius 1 is 1.16 bits per heavy atom. The number of carbonyl (C=O) groups is 2. The molecule has 1 aromatic rings. The minimum atomic E-state index is -1.51. The van der Waals surface area contributed by atoms with Crippen LogP contribution in [0, 0.1) is 24.2 Å². The number of ether oxygens (including phenoxy) is 4. The largest absolute Gasteiger partial charge is 0.458 e. The molecule has 11 atom stereocenters. The Morgan fingerprint density at radius 2 is 1.86 bits per heavy atom. The van der Waals surface area contributed by atoms with Crippen LogP contribution in [-0.2, 0) is 28.5 Å². The van der Waals surface area contributed by atoms with E-state index in [0.29, 0.717) is 12.8 Å². The van der Waals surface area contributed by atoms with Gasteiger partial charge in [-0.2, -0.15) is 0 Å². The van der Waals surface area contributed by atoms with Crippen molar-refractivity contribution in [3.05, 3.63) is 21.7 Å². The van der Waals surface area contributed by atoms with E-state index >= 15 is 0 Å². The van der Waals surface area contributed by atoms with Crippen LogP contribution in [-0.4, -0.2) is 98.4 Å². The van der Waals surface area contributed by atoms with E-state index in [-0.39, 0.29) is 29.8 Å². The molecule has 4 heterocycles. The van der Waals surface area contributed by atoms with Crippen molar-refractivity contribution in [1.82, 2.24) is 4.98 Å². The number of cyclic esters (lactones) is 1. The fraction of sp³-hybridized carbons (Fsp3) is 0.781. The molecule has 1 aromatic heterocycles. The third-order valence-electron chi connectivity index (χ3n) is 9.69. The van der Waals surface area contributed by atoms with Crippen LogP contribution in [0.25, 0.3) is 6.08 Å². The molecule has 0 spiro atoms. The van der Waals surface area contributed by atoms with Gasteiger partial charge in [-0.3, -0.25) is 9.59 Å². The number of Topliss-reactive ketones (excluding diaryl/α,β-unsaturated/α-hetero) is 1. The number of rotatable bonds is 5. The number of epoxide rings is 1. The molecular weight excluding hydrogens is 590 g/mol. The Morgan fingerprint density at radius 3 is 2.48 bits per heavy atom. The van der Waals surface area contributed by atoms with Crippen molar-refractivity contribution in [2.75, 3.05) is 6.61 Å². The third kappa shape index (κ3) is 7.78. The first-order valence-corrected chi connectivity index (χ1v) is 16.4. The van der Waals surface area contributed by atoms with Crippen molar-refractivity contribution in [3.8, 4) is 0 Å². The highest BCUT2D eigenvalue weighted by Crippen LogP contribution is 2.45. The fourth-order valence-electron chi connectivity index (χ4n) is 6.41. The molecule has 0 amide bonds. The number of nitrogens with zero attached hydrogens (tertiary/aromatic N) is 1. The van der Waals surface area contributed by atoms with Crippen molar-refractivity contribution >= 4 is 29.2 Å². The van der Waals surface area contributed by atoms with Crippen LogP contribution in [0.4, 0.5) is 0 Å². The van der Waals surface area contributed by atoms with Crippen molar-refractivity contribution in [2.45, 2.75) is 135 Å². The second-order valence-corrected chi connectivity index (χ2v) is 14.6. The molecule has 3 saturated heterocycles. The first-order chi connectivity index (χ1) is 20.6. The van der Waals surface area contributed by atoms with Gasteiger partial charge in [0.05, 0.1) is 53.1 Å². The standard InChI is InChI=1S/C32H49NO10S/c1-16-9-8-10-32(7)24(43-32)12-21(17(2)11-20-15-44-19(4)33-20)40-25(35)13-23(31(5,6)29(39)18(3)26(16)36)42-30-28(38)27(37)22(14-34)41-30/h11,15-16,18,21-24,26-28,30,34,36-38H,8-10,12-14H2,1-7H3/b17-11+/t16-,18+,21-,22?,23-,24-,26-,27?,28?,30?,32+/m0/s1. The quantitative estimate of drug-likeness (QED) is 0.276. The predicted molar refractivity (Wildman–Crippen MR) is 163 cm³/mol. The minimum Gasteiger partial charge on any atom is -0.458 e. The van der Waals surface area contributed by atoms with Gasteiger partial charge >= 0.3 is 5.97 Å². The number of ketones is 1. The van der Waals surface area contributed by atoms with E-state index in [0.717, 1.165) is 29.1 Å². The number of aliphatic hydroxyl groups excluding tert-OH is 4. The molecule has 44 heavy (non-hydrogen) atoms. The molecule has 0 aromatic carbocycles. The van der Waals surface area contributed by atoms with Crippen LogP contribution in [0.15, 0.2) is 11.0 Å². The van der Waals surface area contributed by atoms with Gasteiger partial charge in [0.15, 0.2) is 6.29 Å². The van der Waals surface area contributed by atoms with Gasteiger partial charge in [0.2, 0.25) is 0 Å². The van der Waals surface area contributed by atoms with Crippen LogP contribution in [0.2, 0.25) is 0 Å². The third-order valence-corrected chi connectivity index (χ3v) is 10.5. The summed E-state index contributed by atoms with van der Waals surface area (Å²) in [6.45, 7) is 12.1. The average Bonchev–Trinajstić information content (AvgIpc) is 3.26. The molecule has 0 saturated carbocycles. The lowest BCUT2D eigenvalue weighted by molar-refractivity contribution is -0.218. The molecule has 3 aliphatic heterocycles. The molecule has 4 rings (SSSR count). The van der Waals surface area contributed by atoms with Crippen LogP contribution in [0.3, 0.4) is 0 Å². The summed E-state index contributed by atoms with van der Waals surface area (Å²) in [6, 6.07) is 0. The number of aliphatic hydroxyl groups is 4. The first-order valence-electron chi connectivity index (χ1n) is 15.5. The van der Waals surface area contributed by atoms with E-state index in [1.165, 1.54) is 11.3 Å². The van der Waals surface area contributed by atoms with Crippen molar-refractivity contribution in [1.29, 1.82) is 0 Å². The van der Waals surface area contributed by atoms with Gasteiger partial charge < -0.3 is 39.4 Å². The van der Waals surface area contributed by atoms with Gasteiger partial charge in [-0.05, 0) is 51.2 Å². The second kappa shape index (κ2) is 13.9. The number of carbonyl (C=O) groups excluding carboxylic acids is 2. The summed E-state index contributed by atoms with van der Waals surface area (Å²) in [5.41, 5.74) is -0.146. The molecule has 0 bridgehead atoms. The summed E-state index contributed by atoms with van der Waals surface area (Å²) in [4.78, 5) is 32.1. The Bertz CT molecular complexity index is 1200. The smallest absolute Gasteiger partial charge is 0.309 e. The van der Waals surface area contributed by atoms with E-state index in [4.69, 9.17) is 18.9 Å². The Labute approximate surface area is 263 Å². The molecule has 0 aliphatic carbocycles. The summed E-state index contributed by atoms with van der Waals surface area (Å²) in [6.07, 6.45) is -4.02. The summed E-state index contributed by atoms with van der Waals surface area (Å²) in [5, 5.41) is 44.5. The molecule has 4 unspecified atom stereocenters. The SMILES string of the molecule is C/C(=C\c1csc(C)n1)[C@@H]1C[C@@H]2O[C@]2(C)CCC[C@H](C)[C@H](O)[C@@H](C)C(=O)C(C)(C)[C@@H](OC2OC(CO)C(O)C2O)CC(=O)O1. The van der Waals surface area contributed by atoms with E-state index in [1.54, 1.807) is 20.8 Å². The number of aromatic nitrogens is 1. The van der Waals surface area contributed by atoms with Gasteiger partial charge in [0.1, 0.15) is 30.2 Å². The van der Waals surface area contributed by atoms with Gasteiger partial charge in [0, 0.05) is 17.7 Å². The van der Waals surface area contributed by atoms with E-state index in [1.807, 2.05) is 39.2 Å². The van der Waals surface area contributed by atoms with Crippen molar-refractivity contribution in [2.24, 2.45) is 17.3 Å². The lowest BCUT2D eigenvalue weighted by Gasteiger charge is -2.38. The maximum absolute atomic E-state index is 13.9. The van der Waals surface area contributed by atoms with E-state index in [2.05, 4.69) is 4.98 Å². The number of esters is 1. The minimum absolute atomic E-state index is 0.128. The summed E-state index contributed by atoms with van der Waals surface area (Å²) in [7, 11) is 0. The second-order valence-electron chi connectivity index (χ2n) is 13.6. The average molecular weight is 640 g/mol. The number of aryl methyl sites for hydroxylation is 1. The summed E-state index contributed by atoms with van der Waals surface area (Å²) < 4.78 is 23.8. The predicted octanol–water partition coefficient (Wildman–Crippen LogP) is 2.94. The zero-order valence-corrected chi connectivity index (χ0v) is 27.6. The number of hydrogen-bond donors (Lipinski definition) is 4. The molecule has 248 valence electrons. The molecule has 3 fully saturated rings. The summed E-state index contributed by atoms with van der Waals surface area (Å²) in [5.74, 6) is -1.90. The topological polar surface area (TPSA) is 168 Å². The monoisotopic (exact) mass is 639 g/mol. The Balaban J connectivity index is 1.65. The van der Waals surface area contributed by atoms with Crippen LogP contribution < -0.4 is 0 Å². The normalized spacial score (nSPS) is 40.8. The zero-order chi connectivity index (χ0) is 32.6. The molecular formula is C32H49NO10S. The van der Waals surface area contributed by atoms with Gasteiger partial charge in [-0.15, -0.1) is 11.3 Å². The van der Waals surface area contributed by atoms with Crippen molar-refractivity contribution in [3.63, 3.8) is 0 Å². The molecule has 12 heteroatoms. The molecule has 3 aliphatic rings. The maximum Gasteiger partial charge on any atom is 0.309 e. The Kier molecular flexibility index (Phi) is 11.1. The lowest BCUT2D eigenvalue weighted by Crippen LogP contribution is -2.49. The number of thiazole rings is 1. The molecule has 11 nitrogen and oxygen atoms in total. The van der Waals surface area contributed by atoms with E-state index < -0.39 is 66.8 Å². The fourth-order valence-corrected chi connectivity index (χ4v) is 6.98. The van der Waals surface area contributed by atoms with Gasteiger partial charge in [-0.25, -0.2) is 4.98 Å². The summed E-state index contributed by atoms with van der Waals surface area (Å²) >= 11 is 1.53. The Hall–Kier alpha value is -1.77.